The molecule has 5 nitrogen and oxygen atoms in total. The number of hydrogen-bond donors (Lipinski definition) is 2. The first kappa shape index (κ1) is 21.8. The lowest BCUT2D eigenvalue weighted by atomic mass is 9.86. The summed E-state index contributed by atoms with van der Waals surface area (Å²) >= 11 is 0. The summed E-state index contributed by atoms with van der Waals surface area (Å²) in [5, 5.41) is 2.81. The van der Waals surface area contributed by atoms with Gasteiger partial charge in [-0.05, 0) is 41.3 Å². The molecule has 2 aromatic rings. The van der Waals surface area contributed by atoms with Crippen LogP contribution in [0.1, 0.15) is 26.3 Å². The van der Waals surface area contributed by atoms with Gasteiger partial charge in [-0.25, -0.2) is 0 Å². The fourth-order valence-corrected chi connectivity index (χ4v) is 2.36. The number of ether oxygens (including phenoxy) is 2. The molecule has 0 aliphatic heterocycles. The lowest BCUT2D eigenvalue weighted by molar-refractivity contribution is -0.118. The first-order valence-corrected chi connectivity index (χ1v) is 8.35. The molecule has 0 aliphatic carbocycles. The first-order chi connectivity index (χ1) is 11.9. The number of halogens is 1. The lowest BCUT2D eigenvalue weighted by Crippen LogP contribution is -2.22. The van der Waals surface area contributed by atoms with Crippen LogP contribution < -0.4 is 20.5 Å². The summed E-state index contributed by atoms with van der Waals surface area (Å²) in [5.74, 6) is 1.24. The second kappa shape index (κ2) is 10.0. The van der Waals surface area contributed by atoms with E-state index in [0.717, 1.165) is 17.1 Å². The highest BCUT2D eigenvalue weighted by Gasteiger charge is 2.18. The van der Waals surface area contributed by atoms with Crippen molar-refractivity contribution in [1.29, 1.82) is 0 Å². The maximum absolute atomic E-state index is 12.1. The summed E-state index contributed by atoms with van der Waals surface area (Å²) in [4.78, 5) is 12.1. The lowest BCUT2D eigenvalue weighted by Gasteiger charge is -2.22. The minimum Gasteiger partial charge on any atom is -0.492 e. The van der Waals surface area contributed by atoms with Crippen LogP contribution in [0, 0.1) is 0 Å². The molecule has 1 amide bonds. The third kappa shape index (κ3) is 6.58. The largest absolute Gasteiger partial charge is 0.492 e. The molecule has 2 rings (SSSR count). The zero-order valence-corrected chi connectivity index (χ0v) is 16.3. The number of hydrogen-bond acceptors (Lipinski definition) is 4. The Bertz CT molecular complexity index is 697. The molecule has 0 aromatic heterocycles. The van der Waals surface area contributed by atoms with Gasteiger partial charge in [-0.1, -0.05) is 39.0 Å². The zero-order chi connectivity index (χ0) is 18.3. The molecule has 0 bridgehead atoms. The first-order valence-electron chi connectivity index (χ1n) is 8.35. The molecule has 0 fully saturated rings. The highest BCUT2D eigenvalue weighted by atomic mass is 35.5. The van der Waals surface area contributed by atoms with Gasteiger partial charge in [0.15, 0.2) is 6.61 Å². The van der Waals surface area contributed by atoms with E-state index < -0.39 is 0 Å². The van der Waals surface area contributed by atoms with Crippen molar-refractivity contribution >= 4 is 24.0 Å². The SMILES string of the molecule is CC(C)(C)c1ccccc1OCC(=O)Nc1ccc(OCCN)cc1.Cl. The van der Waals surface area contributed by atoms with Crippen molar-refractivity contribution in [3.05, 3.63) is 54.1 Å². The van der Waals surface area contributed by atoms with Gasteiger partial charge < -0.3 is 20.5 Å². The molecule has 0 radical (unpaired) electrons. The minimum absolute atomic E-state index is 0. The van der Waals surface area contributed by atoms with Gasteiger partial charge in [0, 0.05) is 12.2 Å². The van der Waals surface area contributed by atoms with E-state index in [2.05, 4.69) is 26.1 Å². The van der Waals surface area contributed by atoms with Gasteiger partial charge in [0.25, 0.3) is 5.91 Å². The summed E-state index contributed by atoms with van der Waals surface area (Å²) in [7, 11) is 0. The van der Waals surface area contributed by atoms with Crippen LogP contribution in [0.5, 0.6) is 11.5 Å². The number of carbonyl (C=O) groups is 1. The third-order valence-corrected chi connectivity index (χ3v) is 3.58. The van der Waals surface area contributed by atoms with Crippen molar-refractivity contribution in [1.82, 2.24) is 0 Å². The molecule has 6 heteroatoms. The van der Waals surface area contributed by atoms with Gasteiger partial charge in [-0.2, -0.15) is 0 Å². The van der Waals surface area contributed by atoms with Crippen LogP contribution in [0.2, 0.25) is 0 Å². The smallest absolute Gasteiger partial charge is 0.262 e. The molecule has 26 heavy (non-hydrogen) atoms. The molecule has 0 saturated carbocycles. The van der Waals surface area contributed by atoms with Crippen LogP contribution in [0.4, 0.5) is 5.69 Å². The fraction of sp³-hybridized carbons (Fsp3) is 0.350. The molecule has 2 aromatic carbocycles. The number of nitrogens with one attached hydrogen (secondary N) is 1. The highest BCUT2D eigenvalue weighted by Crippen LogP contribution is 2.30. The van der Waals surface area contributed by atoms with E-state index in [9.17, 15) is 4.79 Å². The number of anilines is 1. The second-order valence-corrected chi connectivity index (χ2v) is 6.74. The molecule has 0 spiro atoms. The Morgan fingerprint density at radius 2 is 1.69 bits per heavy atom. The predicted octanol–water partition coefficient (Wildman–Crippen LogP) is 3.76. The Morgan fingerprint density at radius 3 is 2.31 bits per heavy atom. The Labute approximate surface area is 161 Å². The number of carbonyl (C=O) groups excluding carboxylic acids is 1. The maximum atomic E-state index is 12.1. The second-order valence-electron chi connectivity index (χ2n) is 6.74. The third-order valence-electron chi connectivity index (χ3n) is 3.58. The molecule has 0 aliphatic rings. The quantitative estimate of drug-likeness (QED) is 0.769. The molecule has 0 saturated heterocycles. The number of benzene rings is 2. The van der Waals surface area contributed by atoms with E-state index in [1.165, 1.54) is 0 Å². The monoisotopic (exact) mass is 378 g/mol. The van der Waals surface area contributed by atoms with Crippen molar-refractivity contribution in [2.24, 2.45) is 5.73 Å². The molecule has 142 valence electrons. The normalized spacial score (nSPS) is 10.6. The van der Waals surface area contributed by atoms with Crippen molar-refractivity contribution in [3.8, 4) is 11.5 Å². The number of nitrogens with two attached hydrogens (primary N) is 1. The van der Waals surface area contributed by atoms with Crippen LogP contribution in [0.15, 0.2) is 48.5 Å². The molecule has 0 atom stereocenters. The van der Waals surface area contributed by atoms with Gasteiger partial charge in [0.05, 0.1) is 0 Å². The summed E-state index contributed by atoms with van der Waals surface area (Å²) < 4.78 is 11.1. The molecule has 3 N–H and O–H groups in total. The summed E-state index contributed by atoms with van der Waals surface area (Å²) in [6, 6.07) is 14.9. The fourth-order valence-electron chi connectivity index (χ4n) is 2.36. The maximum Gasteiger partial charge on any atom is 0.262 e. The Morgan fingerprint density at radius 1 is 1.04 bits per heavy atom. The van der Waals surface area contributed by atoms with E-state index in [0.29, 0.717) is 18.8 Å². The van der Waals surface area contributed by atoms with Gasteiger partial charge >= 0.3 is 0 Å². The predicted molar refractivity (Wildman–Crippen MR) is 108 cm³/mol. The van der Waals surface area contributed by atoms with E-state index >= 15 is 0 Å². The zero-order valence-electron chi connectivity index (χ0n) is 15.5. The average molecular weight is 379 g/mol. The summed E-state index contributed by atoms with van der Waals surface area (Å²) in [6.07, 6.45) is 0. The van der Waals surface area contributed by atoms with Crippen LogP contribution in [-0.2, 0) is 10.2 Å². The molecule has 0 unspecified atom stereocenters. The Balaban J connectivity index is 0.00000338. The van der Waals surface area contributed by atoms with Crippen LogP contribution >= 0.6 is 12.4 Å². The van der Waals surface area contributed by atoms with E-state index in [4.69, 9.17) is 15.2 Å². The minimum atomic E-state index is -0.209. The number of rotatable bonds is 7. The van der Waals surface area contributed by atoms with Crippen LogP contribution in [-0.4, -0.2) is 25.7 Å². The summed E-state index contributed by atoms with van der Waals surface area (Å²) in [5.41, 5.74) is 7.11. The Hall–Kier alpha value is -2.24. The van der Waals surface area contributed by atoms with Crippen LogP contribution in [0.25, 0.3) is 0 Å². The van der Waals surface area contributed by atoms with E-state index in [1.807, 2.05) is 24.3 Å². The van der Waals surface area contributed by atoms with Crippen molar-refractivity contribution in [2.75, 3.05) is 25.1 Å². The van der Waals surface area contributed by atoms with Crippen molar-refractivity contribution < 1.29 is 14.3 Å². The number of para-hydroxylation sites is 1. The standard InChI is InChI=1S/C20H26N2O3.ClH/c1-20(2,3)17-6-4-5-7-18(17)25-14-19(23)22-15-8-10-16(11-9-15)24-13-12-21;/h4-11H,12-14,21H2,1-3H3,(H,22,23);1H. The highest BCUT2D eigenvalue weighted by molar-refractivity contribution is 5.91. The van der Waals surface area contributed by atoms with E-state index in [-0.39, 0.29) is 30.3 Å². The molecular formula is C20H27ClN2O3. The van der Waals surface area contributed by atoms with Gasteiger partial charge in [-0.3, -0.25) is 4.79 Å². The van der Waals surface area contributed by atoms with Gasteiger partial charge in [0.2, 0.25) is 0 Å². The van der Waals surface area contributed by atoms with E-state index in [1.54, 1.807) is 24.3 Å². The van der Waals surface area contributed by atoms with Gasteiger partial charge in [0.1, 0.15) is 18.1 Å². The molecular weight excluding hydrogens is 352 g/mol. The summed E-state index contributed by atoms with van der Waals surface area (Å²) in [6.45, 7) is 7.23. The van der Waals surface area contributed by atoms with Gasteiger partial charge in [-0.15, -0.1) is 12.4 Å². The van der Waals surface area contributed by atoms with Crippen LogP contribution in [0.3, 0.4) is 0 Å². The Kier molecular flexibility index (Phi) is 8.42. The van der Waals surface area contributed by atoms with Crippen molar-refractivity contribution in [3.63, 3.8) is 0 Å². The average Bonchev–Trinajstić information content (AvgIpc) is 2.59. The molecule has 0 heterocycles. The van der Waals surface area contributed by atoms with Crippen molar-refractivity contribution in [2.45, 2.75) is 26.2 Å². The number of amides is 1. The topological polar surface area (TPSA) is 73.6 Å².